The molecule has 0 saturated heterocycles. The van der Waals surface area contributed by atoms with E-state index in [1.165, 1.54) is 24.3 Å². The number of aliphatic hydroxyl groups excluding tert-OH is 1. The number of amides is 1. The minimum absolute atomic E-state index is 0. The predicted molar refractivity (Wildman–Crippen MR) is 95.3 cm³/mol. The Hall–Kier alpha value is -3.45. The molecule has 2 aromatic carbocycles. The van der Waals surface area contributed by atoms with Crippen molar-refractivity contribution in [3.8, 4) is 0 Å². The molecule has 0 saturated carbocycles. The fraction of sp³-hybridized carbons (Fsp3) is 0.167. The van der Waals surface area contributed by atoms with Crippen LogP contribution in [-0.4, -0.2) is 34.1 Å². The van der Waals surface area contributed by atoms with E-state index >= 15 is 0 Å². The highest BCUT2D eigenvalue weighted by Crippen LogP contribution is 2.40. The number of alkyl halides is 6. The minimum Gasteiger partial charge on any atom is -0.491 e. The molecule has 1 radical (unpaired) electrons. The van der Waals surface area contributed by atoms with Crippen LogP contribution >= 0.6 is 0 Å². The van der Waals surface area contributed by atoms with Gasteiger partial charge in [0.1, 0.15) is 6.54 Å². The summed E-state index contributed by atoms with van der Waals surface area (Å²) in [4.78, 5) is 13.0. The molecule has 2 aliphatic heterocycles. The van der Waals surface area contributed by atoms with Crippen LogP contribution in [0.15, 0.2) is 60.2 Å². The van der Waals surface area contributed by atoms with Crippen molar-refractivity contribution in [1.82, 2.24) is 10.4 Å². The average molecular weight is 447 g/mol. The molecule has 0 unspecified atom stereocenters. The van der Waals surface area contributed by atoms with Gasteiger partial charge in [0.15, 0.2) is 5.82 Å². The van der Waals surface area contributed by atoms with Crippen LogP contribution in [0.1, 0.15) is 15.9 Å². The Bertz CT molecular complexity index is 1040. The Labute approximate surface area is 170 Å². The lowest BCUT2D eigenvalue weighted by molar-refractivity contribution is -0.138. The van der Waals surface area contributed by atoms with E-state index in [4.69, 9.17) is 0 Å². The van der Waals surface area contributed by atoms with Crippen molar-refractivity contribution in [3.05, 3.63) is 71.4 Å². The summed E-state index contributed by atoms with van der Waals surface area (Å²) in [5.41, 5.74) is 3.07. The van der Waals surface area contributed by atoms with Crippen molar-refractivity contribution in [3.63, 3.8) is 0 Å². The highest BCUT2D eigenvalue weighted by Gasteiger charge is 2.47. The van der Waals surface area contributed by atoms with Crippen molar-refractivity contribution in [2.75, 3.05) is 16.6 Å². The summed E-state index contributed by atoms with van der Waals surface area (Å²) in [5, 5.41) is 12.3. The standard InChI is InChI=1S/C18H11F6N4O2.H2O/c19-17(20,21)9-26-14-16(30)27(11-7-5-10(6-8-11)18(22,23)24)25-28(14)13-4-2-1-3-12(13)15(26)29;/h1-8,30H,9H2;1H2. The van der Waals surface area contributed by atoms with Gasteiger partial charge in [0.05, 0.1) is 22.5 Å². The first-order valence-electron chi connectivity index (χ1n) is 8.37. The van der Waals surface area contributed by atoms with Gasteiger partial charge in [-0.25, -0.2) is 10.0 Å². The fourth-order valence-corrected chi connectivity index (χ4v) is 3.13. The summed E-state index contributed by atoms with van der Waals surface area (Å²) in [7, 11) is 0. The number of para-hydroxylation sites is 1. The number of rotatable bonds is 2. The molecule has 1 amide bonds. The summed E-state index contributed by atoms with van der Waals surface area (Å²) in [6, 6.07) is 9.21. The Morgan fingerprint density at radius 3 is 2.10 bits per heavy atom. The lowest BCUT2D eigenvalue weighted by Gasteiger charge is -2.34. The Kier molecular flexibility index (Phi) is 5.28. The summed E-state index contributed by atoms with van der Waals surface area (Å²) in [6.07, 6.45) is -9.36. The largest absolute Gasteiger partial charge is 0.491 e. The normalized spacial score (nSPS) is 16.3. The molecule has 13 heteroatoms. The molecule has 2 aliphatic rings. The molecular formula is C18H13F6N4O3. The summed E-state index contributed by atoms with van der Waals surface area (Å²) in [5.74, 6) is -2.37. The van der Waals surface area contributed by atoms with E-state index in [-0.39, 0.29) is 22.4 Å². The number of fused-ring (bicyclic) bond motifs is 3. The van der Waals surface area contributed by atoms with Gasteiger partial charge in [0.2, 0.25) is 0 Å². The first-order chi connectivity index (χ1) is 14.0. The number of carbonyl (C=O) groups excluding carboxylic acids is 1. The average Bonchev–Trinajstić information content (AvgIpc) is 3.01. The second-order valence-electron chi connectivity index (χ2n) is 6.43. The first-order valence-corrected chi connectivity index (χ1v) is 8.37. The molecule has 3 N–H and O–H groups in total. The third-order valence-electron chi connectivity index (χ3n) is 4.42. The zero-order valence-electron chi connectivity index (χ0n) is 15.2. The van der Waals surface area contributed by atoms with Gasteiger partial charge in [0.25, 0.3) is 11.8 Å². The van der Waals surface area contributed by atoms with Crippen LogP contribution in [-0.2, 0) is 6.18 Å². The Morgan fingerprint density at radius 2 is 1.52 bits per heavy atom. The lowest BCUT2D eigenvalue weighted by atomic mass is 10.1. The van der Waals surface area contributed by atoms with Crippen LogP contribution < -0.4 is 15.6 Å². The van der Waals surface area contributed by atoms with Crippen molar-refractivity contribution >= 4 is 17.3 Å². The van der Waals surface area contributed by atoms with Crippen molar-refractivity contribution in [1.29, 1.82) is 0 Å². The minimum atomic E-state index is -4.78. The quantitative estimate of drug-likeness (QED) is 0.715. The first kappa shape index (κ1) is 22.2. The molecule has 0 bridgehead atoms. The number of anilines is 2. The second kappa shape index (κ2) is 7.35. The molecule has 0 spiro atoms. The molecule has 0 atom stereocenters. The molecular weight excluding hydrogens is 434 g/mol. The Morgan fingerprint density at radius 1 is 0.903 bits per heavy atom. The van der Waals surface area contributed by atoms with Gasteiger partial charge in [0, 0.05) is 0 Å². The van der Waals surface area contributed by atoms with Gasteiger partial charge in [-0.05, 0) is 41.9 Å². The molecule has 7 nitrogen and oxygen atoms in total. The van der Waals surface area contributed by atoms with E-state index in [9.17, 15) is 36.2 Å². The van der Waals surface area contributed by atoms with E-state index in [0.717, 1.165) is 34.3 Å². The highest BCUT2D eigenvalue weighted by atomic mass is 19.4. The number of aliphatic hydroxyl groups is 1. The van der Waals surface area contributed by atoms with E-state index in [0.29, 0.717) is 4.90 Å². The van der Waals surface area contributed by atoms with E-state index in [1.807, 2.05) is 0 Å². The van der Waals surface area contributed by atoms with Crippen LogP contribution in [0.5, 0.6) is 0 Å². The fourth-order valence-electron chi connectivity index (χ4n) is 3.13. The molecule has 0 aromatic heterocycles. The zero-order valence-corrected chi connectivity index (χ0v) is 15.2. The number of benzene rings is 2. The van der Waals surface area contributed by atoms with Gasteiger partial charge in [-0.1, -0.05) is 12.1 Å². The molecule has 0 aliphatic carbocycles. The summed E-state index contributed by atoms with van der Waals surface area (Å²) in [6.45, 7) is -1.69. The van der Waals surface area contributed by atoms with E-state index in [2.05, 4.69) is 5.53 Å². The third-order valence-corrected chi connectivity index (χ3v) is 4.42. The predicted octanol–water partition coefficient (Wildman–Crippen LogP) is 3.34. The maximum atomic E-state index is 13.1. The molecule has 165 valence electrons. The number of halogens is 6. The topological polar surface area (TPSA) is 92.6 Å². The summed E-state index contributed by atoms with van der Waals surface area (Å²) >= 11 is 0. The highest BCUT2D eigenvalue weighted by molar-refractivity contribution is 6.04. The van der Waals surface area contributed by atoms with Gasteiger partial charge in [-0.2, -0.15) is 26.3 Å². The van der Waals surface area contributed by atoms with Crippen LogP contribution in [0.25, 0.3) is 0 Å². The SMILES string of the molecule is O.O=C1c2ccccc2N2[N]N(c3ccc(C(F)(F)F)cc3)C(O)=C2N1CC(F)(F)F. The van der Waals surface area contributed by atoms with Crippen molar-refractivity contribution in [2.24, 2.45) is 0 Å². The van der Waals surface area contributed by atoms with E-state index < -0.39 is 42.1 Å². The maximum Gasteiger partial charge on any atom is 0.416 e. The number of hydrogen-bond acceptors (Lipinski definition) is 4. The third kappa shape index (κ3) is 3.84. The second-order valence-corrected chi connectivity index (χ2v) is 6.43. The molecule has 4 rings (SSSR count). The number of hydrogen-bond donors (Lipinski definition) is 1. The van der Waals surface area contributed by atoms with E-state index in [1.54, 1.807) is 0 Å². The van der Waals surface area contributed by atoms with Crippen LogP contribution in [0, 0.1) is 0 Å². The van der Waals surface area contributed by atoms with Crippen molar-refractivity contribution in [2.45, 2.75) is 12.4 Å². The molecule has 0 fully saturated rings. The number of carbonyl (C=O) groups is 1. The number of nitrogens with zero attached hydrogens (tertiary/aromatic N) is 4. The van der Waals surface area contributed by atoms with Gasteiger partial charge < -0.3 is 10.6 Å². The molecule has 31 heavy (non-hydrogen) atoms. The molecule has 2 heterocycles. The van der Waals surface area contributed by atoms with Crippen molar-refractivity contribution < 1.29 is 41.7 Å². The van der Waals surface area contributed by atoms with Gasteiger partial charge in [-0.15, -0.1) is 0 Å². The van der Waals surface area contributed by atoms with Crippen LogP contribution in [0.3, 0.4) is 0 Å². The summed E-state index contributed by atoms with van der Waals surface area (Å²) < 4.78 is 77.6. The van der Waals surface area contributed by atoms with Crippen LogP contribution in [0.2, 0.25) is 0 Å². The van der Waals surface area contributed by atoms with Gasteiger partial charge >= 0.3 is 12.4 Å². The lowest BCUT2D eigenvalue weighted by Crippen LogP contribution is -2.48. The van der Waals surface area contributed by atoms with Crippen LogP contribution in [0.4, 0.5) is 37.7 Å². The smallest absolute Gasteiger partial charge is 0.416 e. The maximum absolute atomic E-state index is 13.1. The Balaban J connectivity index is 0.00000272. The monoisotopic (exact) mass is 447 g/mol. The zero-order chi connectivity index (χ0) is 21.8. The van der Waals surface area contributed by atoms with Gasteiger partial charge in [-0.3, -0.25) is 9.69 Å². The molecule has 2 aromatic rings.